The van der Waals surface area contributed by atoms with Crippen LogP contribution >= 0.6 is 0 Å². The number of benzene rings is 1. The van der Waals surface area contributed by atoms with Gasteiger partial charge in [-0.1, -0.05) is 6.07 Å². The zero-order valence-electron chi connectivity index (χ0n) is 13.2. The van der Waals surface area contributed by atoms with Crippen LogP contribution in [0.25, 0.3) is 0 Å². The lowest BCUT2D eigenvalue weighted by Crippen LogP contribution is -2.24. The van der Waals surface area contributed by atoms with E-state index in [4.69, 9.17) is 0 Å². The maximum atomic E-state index is 13.6. The Kier molecular flexibility index (Phi) is 5.07. The van der Waals surface area contributed by atoms with Crippen LogP contribution in [0.5, 0.6) is 0 Å². The number of nitrogens with zero attached hydrogens (tertiary/aromatic N) is 3. The predicted octanol–water partition coefficient (Wildman–Crippen LogP) is 2.96. The van der Waals surface area contributed by atoms with Crippen molar-refractivity contribution in [3.05, 3.63) is 77.8 Å². The van der Waals surface area contributed by atoms with Gasteiger partial charge in [0.25, 0.3) is 5.91 Å². The quantitative estimate of drug-likeness (QED) is 0.685. The van der Waals surface area contributed by atoms with E-state index in [0.29, 0.717) is 0 Å². The van der Waals surface area contributed by atoms with Gasteiger partial charge >= 0.3 is 0 Å². The molecule has 0 aliphatic rings. The first-order valence-electron chi connectivity index (χ1n) is 7.44. The van der Waals surface area contributed by atoms with E-state index >= 15 is 0 Å². The molecule has 0 aliphatic heterocycles. The largest absolute Gasteiger partial charge is 0.347 e. The van der Waals surface area contributed by atoms with Crippen molar-refractivity contribution in [1.29, 1.82) is 0 Å². The monoisotopic (exact) mass is 359 g/mol. The van der Waals surface area contributed by atoms with Crippen LogP contribution in [-0.2, 0) is 6.54 Å². The normalized spacial score (nSPS) is 10.4. The fourth-order valence-corrected chi connectivity index (χ4v) is 2.05. The zero-order valence-corrected chi connectivity index (χ0v) is 13.2. The number of hydrogen-bond acceptors (Lipinski definition) is 5. The third-order valence-electron chi connectivity index (χ3n) is 3.36. The van der Waals surface area contributed by atoms with Crippen molar-refractivity contribution in [3.8, 4) is 0 Å². The van der Waals surface area contributed by atoms with Crippen molar-refractivity contribution >= 4 is 17.4 Å². The van der Waals surface area contributed by atoms with Crippen molar-refractivity contribution in [3.63, 3.8) is 0 Å². The highest BCUT2D eigenvalue weighted by atomic mass is 19.2. The molecule has 2 heterocycles. The van der Waals surface area contributed by atoms with Crippen LogP contribution in [0.4, 0.5) is 24.7 Å². The summed E-state index contributed by atoms with van der Waals surface area (Å²) in [4.78, 5) is 23.8. The third kappa shape index (κ3) is 3.94. The number of carbonyl (C=O) groups excluding carboxylic acids is 1. The van der Waals surface area contributed by atoms with Crippen LogP contribution < -0.4 is 10.6 Å². The van der Waals surface area contributed by atoms with Crippen LogP contribution in [0, 0.1) is 17.5 Å². The summed E-state index contributed by atoms with van der Waals surface area (Å²) < 4.78 is 39.7. The van der Waals surface area contributed by atoms with Gasteiger partial charge in [0.15, 0.2) is 17.5 Å². The first kappa shape index (κ1) is 17.3. The van der Waals surface area contributed by atoms with E-state index in [0.717, 1.165) is 17.7 Å². The molecule has 26 heavy (non-hydrogen) atoms. The molecule has 0 spiro atoms. The second kappa shape index (κ2) is 7.60. The summed E-state index contributed by atoms with van der Waals surface area (Å²) in [6, 6.07) is 5.37. The van der Waals surface area contributed by atoms with Crippen LogP contribution in [0.3, 0.4) is 0 Å². The standard InChI is InChI=1S/C17H12F3N5O/c18-11-3-4-12(16(20)15(11)19)25-14-9-22-13(8-23-14)17(26)24-7-10-2-1-5-21-6-10/h1-6,8-9H,7H2,(H,23,25)(H,24,26). The number of halogens is 3. The number of amides is 1. The zero-order chi connectivity index (χ0) is 18.5. The molecule has 132 valence electrons. The average molecular weight is 359 g/mol. The number of anilines is 2. The minimum Gasteiger partial charge on any atom is -0.347 e. The molecular formula is C17H12F3N5O. The predicted molar refractivity (Wildman–Crippen MR) is 87.0 cm³/mol. The Bertz CT molecular complexity index is 920. The molecule has 0 radical (unpaired) electrons. The van der Waals surface area contributed by atoms with Crippen LogP contribution in [-0.4, -0.2) is 20.9 Å². The van der Waals surface area contributed by atoms with E-state index in [1.807, 2.05) is 6.07 Å². The third-order valence-corrected chi connectivity index (χ3v) is 3.36. The second-order valence-electron chi connectivity index (χ2n) is 5.18. The summed E-state index contributed by atoms with van der Waals surface area (Å²) in [5, 5.41) is 5.12. The van der Waals surface area contributed by atoms with Gasteiger partial charge in [-0.05, 0) is 23.8 Å². The molecule has 2 aromatic heterocycles. The van der Waals surface area contributed by atoms with Gasteiger partial charge in [-0.15, -0.1) is 0 Å². The number of hydrogen-bond donors (Lipinski definition) is 2. The minimum atomic E-state index is -1.59. The van der Waals surface area contributed by atoms with Gasteiger partial charge < -0.3 is 10.6 Å². The summed E-state index contributed by atoms with van der Waals surface area (Å²) in [7, 11) is 0. The Balaban J connectivity index is 1.65. The molecule has 0 aliphatic carbocycles. The maximum Gasteiger partial charge on any atom is 0.271 e. The fraction of sp³-hybridized carbons (Fsp3) is 0.0588. The molecule has 6 nitrogen and oxygen atoms in total. The second-order valence-corrected chi connectivity index (χ2v) is 5.18. The molecule has 3 rings (SSSR count). The summed E-state index contributed by atoms with van der Waals surface area (Å²) in [5.41, 5.74) is 0.568. The average Bonchev–Trinajstić information content (AvgIpc) is 2.68. The van der Waals surface area contributed by atoms with E-state index < -0.39 is 23.4 Å². The summed E-state index contributed by atoms with van der Waals surface area (Å²) in [5.74, 6) is -4.63. The van der Waals surface area contributed by atoms with Crippen LogP contribution in [0.2, 0.25) is 0 Å². The van der Waals surface area contributed by atoms with Crippen LogP contribution in [0.15, 0.2) is 49.1 Å². The molecular weight excluding hydrogens is 347 g/mol. The van der Waals surface area contributed by atoms with Crippen molar-refractivity contribution < 1.29 is 18.0 Å². The number of pyridine rings is 1. The Labute approximate surface area is 146 Å². The van der Waals surface area contributed by atoms with Crippen molar-refractivity contribution in [1.82, 2.24) is 20.3 Å². The SMILES string of the molecule is O=C(NCc1cccnc1)c1cnc(Nc2ccc(F)c(F)c2F)cn1. The Morgan fingerprint density at radius 2 is 1.85 bits per heavy atom. The van der Waals surface area contributed by atoms with E-state index in [9.17, 15) is 18.0 Å². The summed E-state index contributed by atoms with van der Waals surface area (Å²) in [6.45, 7) is 0.272. The number of rotatable bonds is 5. The van der Waals surface area contributed by atoms with Gasteiger partial charge in [0, 0.05) is 18.9 Å². The van der Waals surface area contributed by atoms with E-state index in [-0.39, 0.29) is 23.7 Å². The highest BCUT2D eigenvalue weighted by Gasteiger charge is 2.14. The van der Waals surface area contributed by atoms with Crippen LogP contribution in [0.1, 0.15) is 16.1 Å². The van der Waals surface area contributed by atoms with Gasteiger partial charge in [0.2, 0.25) is 0 Å². The number of nitrogens with one attached hydrogen (secondary N) is 2. The summed E-state index contributed by atoms with van der Waals surface area (Å²) in [6.07, 6.45) is 5.60. The molecule has 9 heteroatoms. The lowest BCUT2D eigenvalue weighted by Gasteiger charge is -2.08. The molecule has 0 fully saturated rings. The first-order valence-corrected chi connectivity index (χ1v) is 7.44. The topological polar surface area (TPSA) is 79.8 Å². The van der Waals surface area contributed by atoms with Gasteiger partial charge in [-0.2, -0.15) is 0 Å². The maximum absolute atomic E-state index is 13.6. The first-order chi connectivity index (χ1) is 12.5. The van der Waals surface area contributed by atoms with Gasteiger partial charge in [-0.25, -0.2) is 23.1 Å². The van der Waals surface area contributed by atoms with Crippen molar-refractivity contribution in [2.75, 3.05) is 5.32 Å². The molecule has 0 saturated carbocycles. The molecule has 2 N–H and O–H groups in total. The van der Waals surface area contributed by atoms with E-state index in [1.54, 1.807) is 18.5 Å². The number of carbonyl (C=O) groups is 1. The number of aromatic nitrogens is 3. The molecule has 0 unspecified atom stereocenters. The lowest BCUT2D eigenvalue weighted by molar-refractivity contribution is 0.0945. The highest BCUT2D eigenvalue weighted by Crippen LogP contribution is 2.22. The van der Waals surface area contributed by atoms with E-state index in [1.165, 1.54) is 12.4 Å². The smallest absolute Gasteiger partial charge is 0.271 e. The van der Waals surface area contributed by atoms with Crippen molar-refractivity contribution in [2.45, 2.75) is 6.54 Å². The molecule has 1 amide bonds. The molecule has 3 aromatic rings. The Morgan fingerprint density at radius 1 is 1.00 bits per heavy atom. The molecule has 0 saturated heterocycles. The van der Waals surface area contributed by atoms with Gasteiger partial charge in [-0.3, -0.25) is 9.78 Å². The molecule has 0 atom stereocenters. The minimum absolute atomic E-state index is 0.0465. The lowest BCUT2D eigenvalue weighted by atomic mass is 10.2. The molecule has 1 aromatic carbocycles. The molecule has 0 bridgehead atoms. The Morgan fingerprint density at radius 3 is 2.54 bits per heavy atom. The highest BCUT2D eigenvalue weighted by molar-refractivity contribution is 5.92. The van der Waals surface area contributed by atoms with Gasteiger partial charge in [0.1, 0.15) is 11.5 Å². The van der Waals surface area contributed by atoms with Crippen molar-refractivity contribution in [2.24, 2.45) is 0 Å². The Hall–Kier alpha value is -3.49. The van der Waals surface area contributed by atoms with Gasteiger partial charge in [0.05, 0.1) is 18.1 Å². The fourth-order valence-electron chi connectivity index (χ4n) is 2.05. The van der Waals surface area contributed by atoms with E-state index in [2.05, 4.69) is 25.6 Å². The summed E-state index contributed by atoms with van der Waals surface area (Å²) >= 11 is 0.